The molecule has 18 heavy (non-hydrogen) atoms. The summed E-state index contributed by atoms with van der Waals surface area (Å²) in [5.41, 5.74) is 3.91. The third kappa shape index (κ3) is 3.10. The number of nitrogens with zero attached hydrogens (tertiary/aromatic N) is 2. The Morgan fingerprint density at radius 2 is 1.83 bits per heavy atom. The maximum Gasteiger partial charge on any atom is 0.254 e. The minimum Gasteiger partial charge on any atom is -0.340 e. The first-order valence-corrected chi connectivity index (χ1v) is 6.09. The number of benzene rings is 1. The number of nitriles is 1. The molecule has 0 aromatic heterocycles. The monoisotopic (exact) mass is 244 g/mol. The Hall–Kier alpha value is -1.82. The van der Waals surface area contributed by atoms with Crippen LogP contribution in [-0.4, -0.2) is 24.4 Å². The molecule has 0 saturated carbocycles. The van der Waals surface area contributed by atoms with Gasteiger partial charge in [-0.05, 0) is 38.8 Å². The molecule has 0 aliphatic carbocycles. The molecule has 1 atom stereocenters. The van der Waals surface area contributed by atoms with E-state index in [4.69, 9.17) is 5.26 Å². The molecule has 0 bridgehead atoms. The van der Waals surface area contributed by atoms with Gasteiger partial charge in [-0.1, -0.05) is 17.7 Å². The lowest BCUT2D eigenvalue weighted by molar-refractivity contribution is 0.0783. The quantitative estimate of drug-likeness (QED) is 0.820. The second kappa shape index (κ2) is 5.68. The third-order valence-corrected chi connectivity index (χ3v) is 3.01. The van der Waals surface area contributed by atoms with Crippen molar-refractivity contribution in [2.45, 2.75) is 27.7 Å². The molecule has 1 aromatic rings. The molecule has 1 unspecified atom stereocenters. The lowest BCUT2D eigenvalue weighted by Gasteiger charge is -2.21. The minimum absolute atomic E-state index is 0.00731. The van der Waals surface area contributed by atoms with Gasteiger partial charge in [-0.15, -0.1) is 0 Å². The average Bonchev–Trinajstić information content (AvgIpc) is 2.27. The number of amides is 1. The molecule has 0 saturated heterocycles. The highest BCUT2D eigenvalue weighted by Gasteiger charge is 2.18. The molecule has 0 fully saturated rings. The fourth-order valence-electron chi connectivity index (χ4n) is 2.24. The number of carbonyl (C=O) groups is 1. The largest absolute Gasteiger partial charge is 0.340 e. The van der Waals surface area contributed by atoms with E-state index in [1.807, 2.05) is 39.8 Å². The Morgan fingerprint density at radius 1 is 1.33 bits per heavy atom. The van der Waals surface area contributed by atoms with Crippen LogP contribution in [-0.2, 0) is 0 Å². The summed E-state index contributed by atoms with van der Waals surface area (Å²) in [5.74, 6) is -0.155. The van der Waals surface area contributed by atoms with Gasteiger partial charge in [-0.25, -0.2) is 0 Å². The molecular weight excluding hydrogens is 224 g/mol. The van der Waals surface area contributed by atoms with Gasteiger partial charge in [0, 0.05) is 19.2 Å². The van der Waals surface area contributed by atoms with Gasteiger partial charge in [-0.2, -0.15) is 5.26 Å². The first-order chi connectivity index (χ1) is 8.36. The predicted molar refractivity (Wildman–Crippen MR) is 72.4 cm³/mol. The Labute approximate surface area is 109 Å². The van der Waals surface area contributed by atoms with Gasteiger partial charge < -0.3 is 4.90 Å². The predicted octanol–water partition coefficient (Wildman–Crippen LogP) is 2.84. The molecule has 0 heterocycles. The molecule has 3 heteroatoms. The summed E-state index contributed by atoms with van der Waals surface area (Å²) in [6.07, 6.45) is 0. The van der Waals surface area contributed by atoms with E-state index in [-0.39, 0.29) is 11.8 Å². The molecule has 0 spiro atoms. The highest BCUT2D eigenvalue weighted by molar-refractivity contribution is 5.97. The van der Waals surface area contributed by atoms with Crippen molar-refractivity contribution in [3.05, 3.63) is 34.4 Å². The van der Waals surface area contributed by atoms with Crippen LogP contribution < -0.4 is 0 Å². The van der Waals surface area contributed by atoms with Crippen LogP contribution in [0.5, 0.6) is 0 Å². The molecule has 1 amide bonds. The van der Waals surface area contributed by atoms with E-state index in [0.717, 1.165) is 22.3 Å². The topological polar surface area (TPSA) is 44.1 Å². The zero-order valence-electron chi connectivity index (χ0n) is 11.7. The van der Waals surface area contributed by atoms with Crippen LogP contribution in [0.1, 0.15) is 34.0 Å². The van der Waals surface area contributed by atoms with Gasteiger partial charge >= 0.3 is 0 Å². The van der Waals surface area contributed by atoms with Crippen LogP contribution in [0.4, 0.5) is 0 Å². The highest BCUT2D eigenvalue weighted by Crippen LogP contribution is 2.18. The molecule has 0 aliphatic heterocycles. The standard InChI is InChI=1S/C15H20N2O/c1-10-6-12(3)14(13(4)7-10)15(18)17(5)9-11(2)8-16/h6-7,11H,9H2,1-5H3. The third-order valence-electron chi connectivity index (χ3n) is 3.01. The van der Waals surface area contributed by atoms with Gasteiger partial charge in [0.05, 0.1) is 12.0 Å². The molecule has 96 valence electrons. The molecule has 0 aliphatic rings. The normalized spacial score (nSPS) is 11.8. The van der Waals surface area contributed by atoms with E-state index in [1.54, 1.807) is 11.9 Å². The summed E-state index contributed by atoms with van der Waals surface area (Å²) in [4.78, 5) is 14.0. The summed E-state index contributed by atoms with van der Waals surface area (Å²) < 4.78 is 0. The van der Waals surface area contributed by atoms with Crippen LogP contribution in [0, 0.1) is 38.0 Å². The fourth-order valence-corrected chi connectivity index (χ4v) is 2.24. The molecule has 1 rings (SSSR count). The fraction of sp³-hybridized carbons (Fsp3) is 0.467. The average molecular weight is 244 g/mol. The van der Waals surface area contributed by atoms with Crippen molar-refractivity contribution in [3.63, 3.8) is 0 Å². The molecule has 3 nitrogen and oxygen atoms in total. The Morgan fingerprint density at radius 3 is 2.28 bits per heavy atom. The maximum absolute atomic E-state index is 12.4. The van der Waals surface area contributed by atoms with Crippen LogP contribution >= 0.6 is 0 Å². The first-order valence-electron chi connectivity index (χ1n) is 6.09. The van der Waals surface area contributed by atoms with E-state index in [2.05, 4.69) is 6.07 Å². The molecule has 1 aromatic carbocycles. The highest BCUT2D eigenvalue weighted by atomic mass is 16.2. The van der Waals surface area contributed by atoms with Gasteiger partial charge in [-0.3, -0.25) is 4.79 Å². The van der Waals surface area contributed by atoms with Crippen LogP contribution in [0.2, 0.25) is 0 Å². The first kappa shape index (κ1) is 14.2. The Kier molecular flexibility index (Phi) is 4.49. The number of rotatable bonds is 3. The van der Waals surface area contributed by atoms with Crippen molar-refractivity contribution in [1.29, 1.82) is 5.26 Å². The van der Waals surface area contributed by atoms with Gasteiger partial charge in [0.15, 0.2) is 0 Å². The number of hydrogen-bond acceptors (Lipinski definition) is 2. The van der Waals surface area contributed by atoms with Gasteiger partial charge in [0.1, 0.15) is 0 Å². The van der Waals surface area contributed by atoms with Crippen molar-refractivity contribution in [3.8, 4) is 6.07 Å². The van der Waals surface area contributed by atoms with Crippen LogP contribution in [0.15, 0.2) is 12.1 Å². The van der Waals surface area contributed by atoms with Crippen molar-refractivity contribution in [1.82, 2.24) is 4.90 Å². The van der Waals surface area contributed by atoms with Crippen LogP contribution in [0.25, 0.3) is 0 Å². The van der Waals surface area contributed by atoms with E-state index in [9.17, 15) is 4.79 Å². The van der Waals surface area contributed by atoms with E-state index in [1.165, 1.54) is 0 Å². The van der Waals surface area contributed by atoms with Crippen LogP contribution in [0.3, 0.4) is 0 Å². The van der Waals surface area contributed by atoms with Gasteiger partial charge in [0.25, 0.3) is 5.91 Å². The van der Waals surface area contributed by atoms with Crippen molar-refractivity contribution < 1.29 is 4.79 Å². The number of hydrogen-bond donors (Lipinski definition) is 0. The molecule has 0 radical (unpaired) electrons. The molecular formula is C15H20N2O. The Bertz CT molecular complexity index is 477. The lowest BCUT2D eigenvalue weighted by Crippen LogP contribution is -2.31. The summed E-state index contributed by atoms with van der Waals surface area (Å²) in [5, 5.41) is 8.79. The van der Waals surface area contributed by atoms with Crippen molar-refractivity contribution >= 4 is 5.91 Å². The lowest BCUT2D eigenvalue weighted by atomic mass is 9.98. The Balaban J connectivity index is 3.01. The molecule has 0 N–H and O–H groups in total. The smallest absolute Gasteiger partial charge is 0.254 e. The minimum atomic E-state index is -0.148. The second-order valence-electron chi connectivity index (χ2n) is 4.99. The van der Waals surface area contributed by atoms with Crippen molar-refractivity contribution in [2.24, 2.45) is 5.92 Å². The van der Waals surface area contributed by atoms with E-state index in [0.29, 0.717) is 6.54 Å². The van der Waals surface area contributed by atoms with Crippen molar-refractivity contribution in [2.75, 3.05) is 13.6 Å². The maximum atomic E-state index is 12.4. The zero-order valence-corrected chi connectivity index (χ0v) is 11.7. The SMILES string of the molecule is Cc1cc(C)c(C(=O)N(C)CC(C)C#N)c(C)c1. The number of carbonyl (C=O) groups excluding carboxylic acids is 1. The second-order valence-corrected chi connectivity index (χ2v) is 4.99. The number of aryl methyl sites for hydroxylation is 3. The van der Waals surface area contributed by atoms with E-state index >= 15 is 0 Å². The summed E-state index contributed by atoms with van der Waals surface area (Å²) in [6.45, 7) is 8.21. The van der Waals surface area contributed by atoms with E-state index < -0.39 is 0 Å². The summed E-state index contributed by atoms with van der Waals surface area (Å²) >= 11 is 0. The summed E-state index contributed by atoms with van der Waals surface area (Å²) in [7, 11) is 1.74. The zero-order chi connectivity index (χ0) is 13.9. The van der Waals surface area contributed by atoms with Gasteiger partial charge in [0.2, 0.25) is 0 Å². The summed E-state index contributed by atoms with van der Waals surface area (Å²) in [6, 6.07) is 6.18.